The van der Waals surface area contributed by atoms with Crippen molar-refractivity contribution in [2.24, 2.45) is 5.92 Å². The molecule has 1 atom stereocenters. The van der Waals surface area contributed by atoms with Gasteiger partial charge in [0.25, 0.3) is 0 Å². The largest absolute Gasteiger partial charge is 0.510 e. The second-order valence-electron chi connectivity index (χ2n) is 3.86. The van der Waals surface area contributed by atoms with E-state index in [1.165, 1.54) is 0 Å². The smallest absolute Gasteiger partial charge is 0.114 e. The van der Waals surface area contributed by atoms with E-state index in [9.17, 15) is 9.50 Å². The number of aliphatic hydroxyl groups is 2. The van der Waals surface area contributed by atoms with Crippen molar-refractivity contribution in [1.82, 2.24) is 0 Å². The van der Waals surface area contributed by atoms with Crippen LogP contribution in [-0.4, -0.2) is 22.5 Å². The van der Waals surface area contributed by atoms with Gasteiger partial charge < -0.3 is 10.2 Å². The topological polar surface area (TPSA) is 40.5 Å². The van der Waals surface area contributed by atoms with Crippen molar-refractivity contribution >= 4 is 0 Å². The summed E-state index contributed by atoms with van der Waals surface area (Å²) >= 11 is 0. The van der Waals surface area contributed by atoms with E-state index in [1.807, 2.05) is 0 Å². The molecule has 13 heavy (non-hydrogen) atoms. The van der Waals surface area contributed by atoms with Crippen molar-refractivity contribution in [3.8, 4) is 0 Å². The summed E-state index contributed by atoms with van der Waals surface area (Å²) in [6.45, 7) is 3.27. The molecule has 0 aromatic carbocycles. The van der Waals surface area contributed by atoms with Gasteiger partial charge in [-0.15, -0.1) is 0 Å². The average molecular weight is 188 g/mol. The van der Waals surface area contributed by atoms with Gasteiger partial charge >= 0.3 is 0 Å². The summed E-state index contributed by atoms with van der Waals surface area (Å²) in [4.78, 5) is 0. The molecule has 1 aliphatic carbocycles. The second kappa shape index (κ2) is 4.61. The fourth-order valence-corrected chi connectivity index (χ4v) is 1.81. The lowest BCUT2D eigenvalue weighted by Crippen LogP contribution is -2.21. The summed E-state index contributed by atoms with van der Waals surface area (Å²) in [6, 6.07) is 0. The Kier molecular flexibility index (Phi) is 3.72. The first kappa shape index (κ1) is 10.5. The van der Waals surface area contributed by atoms with E-state index < -0.39 is 12.3 Å². The third-order valence-electron chi connectivity index (χ3n) is 2.72. The molecule has 76 valence electrons. The monoisotopic (exact) mass is 188 g/mol. The Labute approximate surface area is 78.1 Å². The molecule has 2 N–H and O–H groups in total. The van der Waals surface area contributed by atoms with E-state index in [0.29, 0.717) is 25.2 Å². The Morgan fingerprint density at radius 1 is 1.38 bits per heavy atom. The van der Waals surface area contributed by atoms with Crippen LogP contribution in [0.2, 0.25) is 0 Å². The summed E-state index contributed by atoms with van der Waals surface area (Å²) in [5.74, 6) is 0.160. The molecule has 0 amide bonds. The minimum absolute atomic E-state index is 0.178. The van der Waals surface area contributed by atoms with E-state index in [2.05, 4.69) is 6.58 Å². The molecule has 0 aromatic heterocycles. The maximum atomic E-state index is 12.7. The van der Waals surface area contributed by atoms with Crippen LogP contribution in [-0.2, 0) is 0 Å². The average Bonchev–Trinajstić information content (AvgIpc) is 2.08. The lowest BCUT2D eigenvalue weighted by molar-refractivity contribution is 0.106. The molecular weight excluding hydrogens is 171 g/mol. The van der Waals surface area contributed by atoms with Crippen LogP contribution in [0.3, 0.4) is 0 Å². The van der Waals surface area contributed by atoms with Crippen molar-refractivity contribution in [3.63, 3.8) is 0 Å². The summed E-state index contributed by atoms with van der Waals surface area (Å²) in [5, 5.41) is 18.2. The number of hydrogen-bond donors (Lipinski definition) is 2. The fraction of sp³-hybridized carbons (Fsp3) is 0.800. The van der Waals surface area contributed by atoms with E-state index >= 15 is 0 Å². The van der Waals surface area contributed by atoms with E-state index in [-0.39, 0.29) is 5.76 Å². The van der Waals surface area contributed by atoms with Gasteiger partial charge in [0.2, 0.25) is 0 Å². The van der Waals surface area contributed by atoms with Gasteiger partial charge in [0, 0.05) is 0 Å². The zero-order chi connectivity index (χ0) is 9.84. The number of hydrogen-bond acceptors (Lipinski definition) is 2. The molecule has 3 heteroatoms. The molecule has 1 fully saturated rings. The standard InChI is InChI=1S/C10H17FO2/c1-7(12)10(13)6-8-2-4-9(11)5-3-8/h8-10,12-13H,1-6H2. The lowest BCUT2D eigenvalue weighted by atomic mass is 9.84. The lowest BCUT2D eigenvalue weighted by Gasteiger charge is -2.25. The van der Waals surface area contributed by atoms with Crippen LogP contribution in [0, 0.1) is 5.92 Å². The van der Waals surface area contributed by atoms with Crippen LogP contribution in [0.25, 0.3) is 0 Å². The number of aliphatic hydroxyl groups excluding tert-OH is 2. The van der Waals surface area contributed by atoms with Crippen LogP contribution in [0.15, 0.2) is 12.3 Å². The maximum absolute atomic E-state index is 12.7. The molecule has 1 rings (SSSR count). The third-order valence-corrected chi connectivity index (χ3v) is 2.72. The van der Waals surface area contributed by atoms with Crippen LogP contribution >= 0.6 is 0 Å². The number of halogens is 1. The van der Waals surface area contributed by atoms with Gasteiger partial charge in [-0.25, -0.2) is 4.39 Å². The molecule has 0 aromatic rings. The van der Waals surface area contributed by atoms with E-state index in [4.69, 9.17) is 5.11 Å². The highest BCUT2D eigenvalue weighted by Crippen LogP contribution is 2.29. The second-order valence-corrected chi connectivity index (χ2v) is 3.86. The third kappa shape index (κ3) is 3.35. The van der Waals surface area contributed by atoms with E-state index in [1.54, 1.807) is 0 Å². The molecule has 1 aliphatic rings. The van der Waals surface area contributed by atoms with Gasteiger partial charge in [0.1, 0.15) is 18.0 Å². The summed E-state index contributed by atoms with van der Waals surface area (Å²) < 4.78 is 12.7. The Bertz CT molecular complexity index is 174. The molecular formula is C10H17FO2. The molecule has 0 saturated heterocycles. The fourth-order valence-electron chi connectivity index (χ4n) is 1.81. The van der Waals surface area contributed by atoms with Gasteiger partial charge in [0.15, 0.2) is 0 Å². The maximum Gasteiger partial charge on any atom is 0.114 e. The van der Waals surface area contributed by atoms with Crippen molar-refractivity contribution in [2.45, 2.75) is 44.4 Å². The first-order valence-electron chi connectivity index (χ1n) is 4.79. The van der Waals surface area contributed by atoms with Gasteiger partial charge in [-0.05, 0) is 38.0 Å². The quantitative estimate of drug-likeness (QED) is 0.667. The first-order chi connectivity index (χ1) is 6.09. The zero-order valence-electron chi connectivity index (χ0n) is 7.75. The Morgan fingerprint density at radius 2 is 1.92 bits per heavy atom. The molecule has 0 radical (unpaired) electrons. The number of alkyl halides is 1. The van der Waals surface area contributed by atoms with Crippen LogP contribution in [0.5, 0.6) is 0 Å². The summed E-state index contributed by atoms with van der Waals surface area (Å²) in [7, 11) is 0. The van der Waals surface area contributed by atoms with Crippen molar-refractivity contribution in [3.05, 3.63) is 12.3 Å². The Morgan fingerprint density at radius 3 is 2.38 bits per heavy atom. The minimum atomic E-state index is -0.832. The summed E-state index contributed by atoms with van der Waals surface area (Å²) in [6.07, 6.45) is 1.83. The van der Waals surface area contributed by atoms with Crippen molar-refractivity contribution in [2.75, 3.05) is 0 Å². The van der Waals surface area contributed by atoms with Crippen LogP contribution < -0.4 is 0 Å². The highest BCUT2D eigenvalue weighted by Gasteiger charge is 2.23. The first-order valence-corrected chi connectivity index (χ1v) is 4.79. The van der Waals surface area contributed by atoms with Crippen molar-refractivity contribution in [1.29, 1.82) is 0 Å². The van der Waals surface area contributed by atoms with E-state index in [0.717, 1.165) is 12.8 Å². The molecule has 1 unspecified atom stereocenters. The molecule has 0 aliphatic heterocycles. The number of rotatable bonds is 3. The Balaban J connectivity index is 2.26. The molecule has 2 nitrogen and oxygen atoms in total. The highest BCUT2D eigenvalue weighted by molar-refractivity contribution is 4.90. The Hall–Kier alpha value is -0.570. The van der Waals surface area contributed by atoms with Crippen molar-refractivity contribution < 1.29 is 14.6 Å². The normalized spacial score (nSPS) is 31.2. The minimum Gasteiger partial charge on any atom is -0.510 e. The predicted octanol–water partition coefficient (Wildman–Crippen LogP) is 2.34. The highest BCUT2D eigenvalue weighted by atomic mass is 19.1. The van der Waals surface area contributed by atoms with Crippen LogP contribution in [0.1, 0.15) is 32.1 Å². The van der Waals surface area contributed by atoms with Crippen LogP contribution in [0.4, 0.5) is 4.39 Å². The van der Waals surface area contributed by atoms with Gasteiger partial charge in [-0.3, -0.25) is 0 Å². The molecule has 0 bridgehead atoms. The zero-order valence-corrected chi connectivity index (χ0v) is 7.75. The molecule has 0 spiro atoms. The van der Waals surface area contributed by atoms with Gasteiger partial charge in [0.05, 0.1) is 0 Å². The molecule has 0 heterocycles. The van der Waals surface area contributed by atoms with Gasteiger partial charge in [-0.2, -0.15) is 0 Å². The SMILES string of the molecule is C=C(O)C(O)CC1CCC(F)CC1. The van der Waals surface area contributed by atoms with Gasteiger partial charge in [-0.1, -0.05) is 6.58 Å². The summed E-state index contributed by atoms with van der Waals surface area (Å²) in [5.41, 5.74) is 0. The predicted molar refractivity (Wildman–Crippen MR) is 49.2 cm³/mol. The molecule has 1 saturated carbocycles.